The van der Waals surface area contributed by atoms with Crippen molar-refractivity contribution in [2.45, 2.75) is 20.4 Å². The van der Waals surface area contributed by atoms with Crippen molar-refractivity contribution in [3.8, 4) is 0 Å². The molecule has 7 heteroatoms. The Labute approximate surface area is 139 Å². The van der Waals surface area contributed by atoms with Crippen molar-refractivity contribution in [2.24, 2.45) is 5.92 Å². The first kappa shape index (κ1) is 17.4. The third-order valence-electron chi connectivity index (χ3n) is 3.18. The zero-order chi connectivity index (χ0) is 16.8. The van der Waals surface area contributed by atoms with Gasteiger partial charge in [0, 0.05) is 6.54 Å². The highest BCUT2D eigenvalue weighted by molar-refractivity contribution is 7.18. The van der Waals surface area contributed by atoms with Gasteiger partial charge < -0.3 is 10.2 Å². The molecule has 0 aliphatic rings. The summed E-state index contributed by atoms with van der Waals surface area (Å²) in [5.74, 6) is 0.0630. The lowest BCUT2D eigenvalue weighted by atomic mass is 10.2. The minimum Gasteiger partial charge on any atom is -0.338 e. The quantitative estimate of drug-likeness (QED) is 0.731. The van der Waals surface area contributed by atoms with Crippen LogP contribution in [0.5, 0.6) is 0 Å². The Kier molecular flexibility index (Phi) is 6.06. The number of carbonyl (C=O) groups is 2. The SMILES string of the molecule is CC(C)CNC(=O)NC(=O)C[NH+](C)Cc1nc2ccccc2s1. The first-order valence-electron chi connectivity index (χ1n) is 7.67. The average Bonchev–Trinajstić information content (AvgIpc) is 2.86. The molecule has 0 fully saturated rings. The smallest absolute Gasteiger partial charge is 0.321 e. The van der Waals surface area contributed by atoms with Crippen LogP contribution in [0, 0.1) is 5.92 Å². The van der Waals surface area contributed by atoms with Crippen LogP contribution in [0.25, 0.3) is 10.2 Å². The van der Waals surface area contributed by atoms with Gasteiger partial charge in [-0.05, 0) is 18.1 Å². The van der Waals surface area contributed by atoms with Crippen molar-refractivity contribution in [3.63, 3.8) is 0 Å². The van der Waals surface area contributed by atoms with E-state index >= 15 is 0 Å². The number of aromatic nitrogens is 1. The fourth-order valence-electron chi connectivity index (χ4n) is 2.10. The molecule has 2 aromatic rings. The van der Waals surface area contributed by atoms with Gasteiger partial charge in [0.25, 0.3) is 5.91 Å². The number of hydrogen-bond acceptors (Lipinski definition) is 4. The third-order valence-corrected chi connectivity index (χ3v) is 4.21. The second-order valence-electron chi connectivity index (χ2n) is 6.04. The zero-order valence-electron chi connectivity index (χ0n) is 13.7. The Bertz CT molecular complexity index is 651. The van der Waals surface area contributed by atoms with Crippen LogP contribution in [0.1, 0.15) is 18.9 Å². The number of amides is 3. The summed E-state index contributed by atoms with van der Waals surface area (Å²) >= 11 is 1.63. The number of hydrogen-bond donors (Lipinski definition) is 3. The van der Waals surface area contributed by atoms with Crippen molar-refractivity contribution in [1.82, 2.24) is 15.6 Å². The van der Waals surface area contributed by atoms with Crippen LogP contribution in [0.4, 0.5) is 4.79 Å². The summed E-state index contributed by atoms with van der Waals surface area (Å²) in [5.41, 5.74) is 0.984. The predicted octanol–water partition coefficient (Wildman–Crippen LogP) is 0.793. The van der Waals surface area contributed by atoms with Crippen molar-refractivity contribution in [2.75, 3.05) is 20.1 Å². The number of imide groups is 1. The number of thiazole rings is 1. The van der Waals surface area contributed by atoms with E-state index in [2.05, 4.69) is 15.6 Å². The molecule has 0 aliphatic carbocycles. The molecule has 0 saturated heterocycles. The number of quaternary nitrogens is 1. The Morgan fingerprint density at radius 3 is 2.74 bits per heavy atom. The molecule has 3 N–H and O–H groups in total. The van der Waals surface area contributed by atoms with E-state index in [9.17, 15) is 9.59 Å². The number of fused-ring (bicyclic) bond motifs is 1. The molecule has 0 spiro atoms. The van der Waals surface area contributed by atoms with Gasteiger partial charge >= 0.3 is 6.03 Å². The molecule has 124 valence electrons. The summed E-state index contributed by atoms with van der Waals surface area (Å²) < 4.78 is 1.15. The van der Waals surface area contributed by atoms with Gasteiger partial charge in [-0.1, -0.05) is 26.0 Å². The van der Waals surface area contributed by atoms with E-state index in [1.54, 1.807) is 11.3 Å². The molecule has 1 aromatic heterocycles. The fourth-order valence-corrected chi connectivity index (χ4v) is 3.18. The Morgan fingerprint density at radius 2 is 2.04 bits per heavy atom. The monoisotopic (exact) mass is 335 g/mol. The third kappa shape index (κ3) is 5.61. The van der Waals surface area contributed by atoms with Gasteiger partial charge in [0.1, 0.15) is 11.6 Å². The molecule has 0 aliphatic heterocycles. The van der Waals surface area contributed by atoms with Gasteiger partial charge in [0.15, 0.2) is 6.54 Å². The highest BCUT2D eigenvalue weighted by Gasteiger charge is 2.15. The van der Waals surface area contributed by atoms with E-state index in [0.29, 0.717) is 19.0 Å². The van der Waals surface area contributed by atoms with E-state index in [1.165, 1.54) is 0 Å². The molecule has 6 nitrogen and oxygen atoms in total. The summed E-state index contributed by atoms with van der Waals surface area (Å²) in [7, 11) is 1.91. The zero-order valence-corrected chi connectivity index (χ0v) is 14.5. The number of para-hydroxylation sites is 1. The van der Waals surface area contributed by atoms with E-state index in [0.717, 1.165) is 20.1 Å². The van der Waals surface area contributed by atoms with Crippen molar-refractivity contribution >= 4 is 33.5 Å². The van der Waals surface area contributed by atoms with Crippen LogP contribution in [0.3, 0.4) is 0 Å². The van der Waals surface area contributed by atoms with Crippen LogP contribution in [0.15, 0.2) is 24.3 Å². The van der Waals surface area contributed by atoms with Gasteiger partial charge in [-0.3, -0.25) is 10.1 Å². The second kappa shape index (κ2) is 8.03. The Balaban J connectivity index is 1.80. The van der Waals surface area contributed by atoms with Crippen LogP contribution >= 0.6 is 11.3 Å². The maximum absolute atomic E-state index is 11.9. The standard InChI is InChI=1S/C16H22N4O2S/c1-11(2)8-17-16(22)19-14(21)9-20(3)10-15-18-12-6-4-5-7-13(12)23-15/h4-7,11H,8-10H2,1-3H3,(H2,17,19,21,22)/p+1. The van der Waals surface area contributed by atoms with Gasteiger partial charge in [0.05, 0.1) is 17.3 Å². The molecule has 1 heterocycles. The number of nitrogens with one attached hydrogen (secondary N) is 3. The average molecular weight is 335 g/mol. The first-order valence-corrected chi connectivity index (χ1v) is 8.49. The summed E-state index contributed by atoms with van der Waals surface area (Å²) in [4.78, 5) is 29.0. The molecule has 3 amide bonds. The second-order valence-corrected chi connectivity index (χ2v) is 7.15. The lowest BCUT2D eigenvalue weighted by molar-refractivity contribution is -0.885. The molecule has 0 radical (unpaired) electrons. The van der Waals surface area contributed by atoms with Crippen molar-refractivity contribution < 1.29 is 14.5 Å². The molecular formula is C16H23N4O2S+. The number of urea groups is 1. The molecule has 1 aromatic carbocycles. The normalized spacial score (nSPS) is 12.3. The van der Waals surface area contributed by atoms with Gasteiger partial charge in [0.2, 0.25) is 0 Å². The van der Waals surface area contributed by atoms with Crippen molar-refractivity contribution in [1.29, 1.82) is 0 Å². The molecular weight excluding hydrogens is 312 g/mol. The maximum atomic E-state index is 11.9. The molecule has 2 rings (SSSR count). The highest BCUT2D eigenvalue weighted by Crippen LogP contribution is 2.20. The molecule has 0 bridgehead atoms. The topological polar surface area (TPSA) is 75.5 Å². The van der Waals surface area contributed by atoms with Crippen LogP contribution < -0.4 is 15.5 Å². The molecule has 0 saturated carbocycles. The van der Waals surface area contributed by atoms with Gasteiger partial charge in [-0.25, -0.2) is 9.78 Å². The fraction of sp³-hybridized carbons (Fsp3) is 0.438. The number of carbonyl (C=O) groups excluding carboxylic acids is 2. The summed E-state index contributed by atoms with van der Waals surface area (Å²) in [5, 5.41) is 6.00. The summed E-state index contributed by atoms with van der Waals surface area (Å²) in [6.45, 7) is 5.43. The van der Waals surface area contributed by atoms with E-state index in [4.69, 9.17) is 0 Å². The minimum atomic E-state index is -0.434. The maximum Gasteiger partial charge on any atom is 0.321 e. The number of rotatable bonds is 6. The summed E-state index contributed by atoms with van der Waals surface area (Å²) in [6.07, 6.45) is 0. The van der Waals surface area contributed by atoms with Crippen LogP contribution in [0.2, 0.25) is 0 Å². The highest BCUT2D eigenvalue weighted by atomic mass is 32.1. The number of likely N-dealkylation sites (N-methyl/N-ethyl adjacent to an activating group) is 1. The molecule has 1 unspecified atom stereocenters. The largest absolute Gasteiger partial charge is 0.338 e. The van der Waals surface area contributed by atoms with E-state index in [1.807, 2.05) is 45.2 Å². The minimum absolute atomic E-state index is 0.227. The van der Waals surface area contributed by atoms with E-state index in [-0.39, 0.29) is 12.5 Å². The van der Waals surface area contributed by atoms with Gasteiger partial charge in [-0.2, -0.15) is 0 Å². The summed E-state index contributed by atoms with van der Waals surface area (Å²) in [6, 6.07) is 7.54. The lowest BCUT2D eigenvalue weighted by Crippen LogP contribution is -3.09. The van der Waals surface area contributed by atoms with Crippen LogP contribution in [-0.4, -0.2) is 37.1 Å². The Morgan fingerprint density at radius 1 is 1.30 bits per heavy atom. The van der Waals surface area contributed by atoms with E-state index < -0.39 is 6.03 Å². The number of benzene rings is 1. The molecule has 23 heavy (non-hydrogen) atoms. The van der Waals surface area contributed by atoms with Crippen LogP contribution in [-0.2, 0) is 11.3 Å². The first-order chi connectivity index (χ1) is 10.9. The number of nitrogens with zero attached hydrogens (tertiary/aromatic N) is 1. The Hall–Kier alpha value is -1.99. The lowest BCUT2D eigenvalue weighted by Gasteiger charge is -2.12. The predicted molar refractivity (Wildman–Crippen MR) is 91.5 cm³/mol. The van der Waals surface area contributed by atoms with Crippen molar-refractivity contribution in [3.05, 3.63) is 29.3 Å². The molecule has 1 atom stereocenters. The van der Waals surface area contributed by atoms with Gasteiger partial charge in [-0.15, -0.1) is 11.3 Å².